The number of alkyl halides is 1. The number of amides is 2. The molecule has 2 amide bonds. The fraction of sp³-hybridized carbons (Fsp3) is 0.429. The summed E-state index contributed by atoms with van der Waals surface area (Å²) in [6.45, 7) is 1.86. The Morgan fingerprint density at radius 3 is 2.58 bits per heavy atom. The molecule has 0 spiro atoms. The lowest BCUT2D eigenvalue weighted by atomic mass is 10.1. The molecular formula is C14H19ClN2O2. The molecule has 1 aromatic carbocycles. The molecule has 1 rings (SSSR count). The molecule has 0 radical (unpaired) electrons. The molecule has 0 unspecified atom stereocenters. The zero-order chi connectivity index (χ0) is 14.3. The number of hydrogen-bond acceptors (Lipinski definition) is 2. The maximum absolute atomic E-state index is 11.7. The Morgan fingerprint density at radius 2 is 2.00 bits per heavy atom. The summed E-state index contributed by atoms with van der Waals surface area (Å²) in [4.78, 5) is 23.1. The smallest absolute Gasteiger partial charge is 0.251 e. The van der Waals surface area contributed by atoms with Crippen LogP contribution in [0.4, 0.5) is 5.69 Å². The zero-order valence-corrected chi connectivity index (χ0v) is 12.0. The highest BCUT2D eigenvalue weighted by molar-refractivity contribution is 6.17. The van der Waals surface area contributed by atoms with Crippen molar-refractivity contribution >= 4 is 29.1 Å². The summed E-state index contributed by atoms with van der Waals surface area (Å²) in [7, 11) is 1.59. The Labute approximate surface area is 118 Å². The number of unbranched alkanes of at least 4 members (excludes halogenated alkanes) is 1. The Balaban J connectivity index is 2.64. The first-order valence-electron chi connectivity index (χ1n) is 6.27. The molecule has 104 valence electrons. The average molecular weight is 283 g/mol. The second kappa shape index (κ2) is 7.79. The van der Waals surface area contributed by atoms with E-state index in [1.54, 1.807) is 25.2 Å². The first-order chi connectivity index (χ1) is 9.08. The van der Waals surface area contributed by atoms with Gasteiger partial charge < -0.3 is 10.6 Å². The summed E-state index contributed by atoms with van der Waals surface area (Å²) >= 11 is 5.56. The van der Waals surface area contributed by atoms with Gasteiger partial charge in [-0.3, -0.25) is 9.59 Å². The summed E-state index contributed by atoms with van der Waals surface area (Å²) in [5, 5.41) is 5.40. The van der Waals surface area contributed by atoms with Crippen molar-refractivity contribution in [3.63, 3.8) is 0 Å². The van der Waals surface area contributed by atoms with Gasteiger partial charge in [-0.2, -0.15) is 0 Å². The Bertz CT molecular complexity index is 461. The van der Waals surface area contributed by atoms with Gasteiger partial charge in [-0.05, 0) is 43.5 Å². The van der Waals surface area contributed by atoms with E-state index in [9.17, 15) is 9.59 Å². The molecule has 4 nitrogen and oxygen atoms in total. The second-order valence-corrected chi connectivity index (χ2v) is 4.68. The van der Waals surface area contributed by atoms with E-state index in [1.165, 1.54) is 0 Å². The Hall–Kier alpha value is -1.55. The van der Waals surface area contributed by atoms with Gasteiger partial charge in [0.15, 0.2) is 0 Å². The van der Waals surface area contributed by atoms with Gasteiger partial charge in [0.1, 0.15) is 0 Å². The zero-order valence-electron chi connectivity index (χ0n) is 11.3. The van der Waals surface area contributed by atoms with Crippen LogP contribution in [0, 0.1) is 6.92 Å². The third-order valence-electron chi connectivity index (χ3n) is 2.78. The summed E-state index contributed by atoms with van der Waals surface area (Å²) in [5.74, 6) is 0.414. The monoisotopic (exact) mass is 282 g/mol. The lowest BCUT2D eigenvalue weighted by molar-refractivity contribution is -0.116. The SMILES string of the molecule is CNC(=O)c1ccc(NC(=O)CCCCCl)c(C)c1. The topological polar surface area (TPSA) is 58.2 Å². The predicted molar refractivity (Wildman–Crippen MR) is 77.8 cm³/mol. The minimum absolute atomic E-state index is 0.0269. The van der Waals surface area contributed by atoms with Crippen LogP contribution in [-0.2, 0) is 4.79 Å². The van der Waals surface area contributed by atoms with Gasteiger partial charge in [0.2, 0.25) is 5.91 Å². The van der Waals surface area contributed by atoms with Crippen LogP contribution in [0.1, 0.15) is 35.2 Å². The highest BCUT2D eigenvalue weighted by atomic mass is 35.5. The second-order valence-electron chi connectivity index (χ2n) is 4.30. The van der Waals surface area contributed by atoms with Crippen molar-refractivity contribution in [3.05, 3.63) is 29.3 Å². The van der Waals surface area contributed by atoms with Crippen LogP contribution in [-0.4, -0.2) is 24.7 Å². The first kappa shape index (κ1) is 15.5. The van der Waals surface area contributed by atoms with E-state index in [2.05, 4.69) is 10.6 Å². The highest BCUT2D eigenvalue weighted by Gasteiger charge is 2.08. The minimum Gasteiger partial charge on any atom is -0.355 e. The largest absolute Gasteiger partial charge is 0.355 e. The highest BCUT2D eigenvalue weighted by Crippen LogP contribution is 2.17. The summed E-state index contributed by atoms with van der Waals surface area (Å²) < 4.78 is 0. The molecule has 1 aromatic rings. The molecule has 5 heteroatoms. The molecule has 0 aliphatic heterocycles. The molecule has 0 aromatic heterocycles. The van der Waals surface area contributed by atoms with Gasteiger partial charge in [-0.1, -0.05) is 0 Å². The maximum atomic E-state index is 11.7. The van der Waals surface area contributed by atoms with Crippen LogP contribution in [0.3, 0.4) is 0 Å². The van der Waals surface area contributed by atoms with Gasteiger partial charge >= 0.3 is 0 Å². The van der Waals surface area contributed by atoms with Crippen molar-refractivity contribution in [1.29, 1.82) is 0 Å². The summed E-state index contributed by atoms with van der Waals surface area (Å²) in [6.07, 6.45) is 2.08. The lowest BCUT2D eigenvalue weighted by Crippen LogP contribution is -2.18. The molecule has 0 fully saturated rings. The predicted octanol–water partition coefficient (Wildman–Crippen LogP) is 2.70. The van der Waals surface area contributed by atoms with Gasteiger partial charge in [0.25, 0.3) is 5.91 Å². The van der Waals surface area contributed by atoms with E-state index in [0.717, 1.165) is 24.1 Å². The van der Waals surface area contributed by atoms with Crippen LogP contribution in [0.5, 0.6) is 0 Å². The van der Waals surface area contributed by atoms with Crippen molar-refractivity contribution in [1.82, 2.24) is 5.32 Å². The third kappa shape index (κ3) is 4.91. The van der Waals surface area contributed by atoms with E-state index >= 15 is 0 Å². The number of rotatable bonds is 6. The quantitative estimate of drug-likeness (QED) is 0.622. The van der Waals surface area contributed by atoms with Gasteiger partial charge in [-0.25, -0.2) is 0 Å². The fourth-order valence-electron chi connectivity index (χ4n) is 1.68. The summed E-state index contributed by atoms with van der Waals surface area (Å²) in [5.41, 5.74) is 2.19. The van der Waals surface area contributed by atoms with E-state index < -0.39 is 0 Å². The van der Waals surface area contributed by atoms with Gasteiger partial charge in [0, 0.05) is 30.6 Å². The lowest BCUT2D eigenvalue weighted by Gasteiger charge is -2.09. The van der Waals surface area contributed by atoms with Crippen LogP contribution in [0.15, 0.2) is 18.2 Å². The van der Waals surface area contributed by atoms with Crippen LogP contribution in [0.2, 0.25) is 0 Å². The number of hydrogen-bond donors (Lipinski definition) is 2. The Kier molecular flexibility index (Phi) is 6.36. The summed E-state index contributed by atoms with van der Waals surface area (Å²) in [6, 6.07) is 5.20. The average Bonchev–Trinajstić information content (AvgIpc) is 2.40. The van der Waals surface area contributed by atoms with E-state index in [0.29, 0.717) is 17.9 Å². The van der Waals surface area contributed by atoms with Crippen LogP contribution < -0.4 is 10.6 Å². The normalized spacial score (nSPS) is 10.1. The molecule has 0 aliphatic carbocycles. The molecule has 0 saturated carbocycles. The van der Waals surface area contributed by atoms with Crippen LogP contribution in [0.25, 0.3) is 0 Å². The van der Waals surface area contributed by atoms with Crippen LogP contribution >= 0.6 is 11.6 Å². The fourth-order valence-corrected chi connectivity index (χ4v) is 1.87. The van der Waals surface area contributed by atoms with Crippen molar-refractivity contribution in [2.45, 2.75) is 26.2 Å². The molecular weight excluding hydrogens is 264 g/mol. The van der Waals surface area contributed by atoms with Crippen molar-refractivity contribution in [3.8, 4) is 0 Å². The van der Waals surface area contributed by atoms with E-state index in [4.69, 9.17) is 11.6 Å². The molecule has 0 bridgehead atoms. The number of benzene rings is 1. The maximum Gasteiger partial charge on any atom is 0.251 e. The number of nitrogens with one attached hydrogen (secondary N) is 2. The van der Waals surface area contributed by atoms with Gasteiger partial charge in [0.05, 0.1) is 0 Å². The molecule has 0 saturated heterocycles. The molecule has 0 atom stereocenters. The molecule has 0 heterocycles. The minimum atomic E-state index is -0.136. The Morgan fingerprint density at radius 1 is 1.26 bits per heavy atom. The number of halogens is 1. The van der Waals surface area contributed by atoms with E-state index in [1.807, 2.05) is 6.92 Å². The molecule has 0 aliphatic rings. The standard InChI is InChI=1S/C14H19ClN2O2/c1-10-9-11(14(19)16-2)6-7-12(10)17-13(18)5-3-4-8-15/h6-7,9H,3-5,8H2,1-2H3,(H,16,19)(H,17,18). The number of carbonyl (C=O) groups is 2. The number of carbonyl (C=O) groups excluding carboxylic acids is 2. The third-order valence-corrected chi connectivity index (χ3v) is 3.04. The number of anilines is 1. The van der Waals surface area contributed by atoms with Gasteiger partial charge in [-0.15, -0.1) is 11.6 Å². The first-order valence-corrected chi connectivity index (χ1v) is 6.80. The van der Waals surface area contributed by atoms with E-state index in [-0.39, 0.29) is 11.8 Å². The number of aryl methyl sites for hydroxylation is 1. The molecule has 2 N–H and O–H groups in total. The van der Waals surface area contributed by atoms with Crippen molar-refractivity contribution in [2.24, 2.45) is 0 Å². The van der Waals surface area contributed by atoms with Crippen molar-refractivity contribution in [2.75, 3.05) is 18.2 Å². The van der Waals surface area contributed by atoms with Crippen molar-refractivity contribution < 1.29 is 9.59 Å². The molecule has 19 heavy (non-hydrogen) atoms.